The molecule has 0 radical (unpaired) electrons. The van der Waals surface area contributed by atoms with E-state index in [4.69, 9.17) is 0 Å². The van der Waals surface area contributed by atoms with Crippen molar-refractivity contribution in [3.8, 4) is 0 Å². The van der Waals surface area contributed by atoms with E-state index in [1.807, 2.05) is 7.85 Å². The Morgan fingerprint density at radius 3 is 2.25 bits per heavy atom. The average molecular weight is 54.9 g/mol. The summed E-state index contributed by atoms with van der Waals surface area (Å²) in [5, 5.41) is 0. The third kappa shape index (κ3) is 1.73. The summed E-state index contributed by atoms with van der Waals surface area (Å²) in [4.78, 5) is 3.61. The van der Waals surface area contributed by atoms with E-state index in [-0.39, 0.29) is 0 Å². The van der Waals surface area contributed by atoms with Crippen molar-refractivity contribution in [2.75, 3.05) is 7.05 Å². The number of nitrogens with zero attached hydrogens (tertiary/aromatic N) is 1. The number of hydrogen-bond donors (Lipinski definition) is 0. The van der Waals surface area contributed by atoms with Crippen LogP contribution < -0.4 is 0 Å². The quantitative estimate of drug-likeness (QED) is 0.256. The van der Waals surface area contributed by atoms with Crippen molar-refractivity contribution in [1.29, 1.82) is 0 Å². The standard InChI is InChI=1S/C2H6BN/c1-4-2-3/h2H,3H2,1H3/b4-2-. The van der Waals surface area contributed by atoms with Gasteiger partial charge in [-0.25, -0.2) is 0 Å². The first-order valence-electron chi connectivity index (χ1n) is 1.28. The molecule has 0 N–H and O–H groups in total. The molecule has 0 atom stereocenters. The van der Waals surface area contributed by atoms with Gasteiger partial charge in [-0.05, 0) is 6.11 Å². The predicted molar refractivity (Wildman–Crippen MR) is 23.0 cm³/mol. The molecule has 0 bridgehead atoms. The lowest BCUT2D eigenvalue weighted by atomic mass is 10.2. The molecule has 4 heavy (non-hydrogen) atoms. The molecular formula is C2H6BN. The highest BCUT2D eigenvalue weighted by Crippen LogP contribution is 1.33. The molecule has 0 spiro atoms. The Hall–Kier alpha value is -0.265. The van der Waals surface area contributed by atoms with Crippen LogP contribution in [0.25, 0.3) is 0 Å². The Kier molecular flexibility index (Phi) is 2.55. The van der Waals surface area contributed by atoms with Gasteiger partial charge in [-0.15, -0.1) is 0 Å². The van der Waals surface area contributed by atoms with E-state index < -0.39 is 0 Å². The minimum atomic E-state index is 1.75. The molecule has 0 aromatic rings. The smallest absolute Gasteiger partial charge is 0.153 e. The fourth-order valence-corrected chi connectivity index (χ4v) is 0. The van der Waals surface area contributed by atoms with Gasteiger partial charge < -0.3 is 4.99 Å². The Labute approximate surface area is 27.2 Å². The predicted octanol–water partition coefficient (Wildman–Crippen LogP) is -0.722. The molecule has 0 rings (SSSR count). The van der Waals surface area contributed by atoms with Gasteiger partial charge in [0.05, 0.1) is 0 Å². The summed E-state index contributed by atoms with van der Waals surface area (Å²) in [6.45, 7) is 0. The topological polar surface area (TPSA) is 12.4 Å². The van der Waals surface area contributed by atoms with Gasteiger partial charge in [0.25, 0.3) is 0 Å². The molecule has 1 nitrogen and oxygen atoms in total. The van der Waals surface area contributed by atoms with Crippen molar-refractivity contribution in [3.05, 3.63) is 0 Å². The van der Waals surface area contributed by atoms with Gasteiger partial charge in [-0.1, -0.05) is 0 Å². The van der Waals surface area contributed by atoms with E-state index in [1.54, 1.807) is 13.2 Å². The molecule has 0 saturated carbocycles. The van der Waals surface area contributed by atoms with Gasteiger partial charge in [0.2, 0.25) is 0 Å². The molecule has 0 aliphatic heterocycles. The first-order valence-corrected chi connectivity index (χ1v) is 1.28. The highest BCUT2D eigenvalue weighted by atomic mass is 14.6. The minimum Gasteiger partial charge on any atom is -0.311 e. The van der Waals surface area contributed by atoms with Crippen LogP contribution in [0.2, 0.25) is 0 Å². The Bertz CT molecular complexity index is 21.2. The van der Waals surface area contributed by atoms with Crippen molar-refractivity contribution in [2.24, 2.45) is 4.99 Å². The lowest BCUT2D eigenvalue weighted by Gasteiger charge is -1.52. The zero-order valence-electron chi connectivity index (χ0n) is 3.02. The number of rotatable bonds is 0. The summed E-state index contributed by atoms with van der Waals surface area (Å²) >= 11 is 0. The molecule has 22 valence electrons. The average Bonchev–Trinajstić information content (AvgIpc) is 1.37. The van der Waals surface area contributed by atoms with Crippen molar-refractivity contribution in [2.45, 2.75) is 0 Å². The fourth-order valence-electron chi connectivity index (χ4n) is 0. The summed E-state index contributed by atoms with van der Waals surface area (Å²) in [7, 11) is 3.64. The van der Waals surface area contributed by atoms with Crippen LogP contribution in [0.15, 0.2) is 4.99 Å². The zero-order valence-corrected chi connectivity index (χ0v) is 3.02. The van der Waals surface area contributed by atoms with E-state index in [0.29, 0.717) is 0 Å². The van der Waals surface area contributed by atoms with Crippen molar-refractivity contribution >= 4 is 14.0 Å². The second-order valence-corrected chi connectivity index (χ2v) is 0.516. The van der Waals surface area contributed by atoms with Crippen molar-refractivity contribution < 1.29 is 0 Å². The molecule has 0 heterocycles. The fraction of sp³-hybridized carbons (Fsp3) is 0.500. The van der Waals surface area contributed by atoms with Crippen LogP contribution in [0.1, 0.15) is 0 Å². The van der Waals surface area contributed by atoms with Crippen LogP contribution in [0.3, 0.4) is 0 Å². The second-order valence-electron chi connectivity index (χ2n) is 0.516. The van der Waals surface area contributed by atoms with Crippen molar-refractivity contribution in [1.82, 2.24) is 0 Å². The summed E-state index contributed by atoms with van der Waals surface area (Å²) in [5.74, 6) is 0. The van der Waals surface area contributed by atoms with Gasteiger partial charge in [0, 0.05) is 7.05 Å². The largest absolute Gasteiger partial charge is 0.311 e. The number of hydrogen-bond acceptors (Lipinski definition) is 1. The summed E-state index contributed by atoms with van der Waals surface area (Å²) in [6, 6.07) is 0. The van der Waals surface area contributed by atoms with Crippen LogP contribution in [0, 0.1) is 0 Å². The Balaban J connectivity index is 2.55. The van der Waals surface area contributed by atoms with Crippen LogP contribution in [-0.2, 0) is 0 Å². The number of aliphatic imine (C=N–C) groups is 1. The summed E-state index contributed by atoms with van der Waals surface area (Å²) in [6.07, 6.45) is 1.75. The van der Waals surface area contributed by atoms with Gasteiger partial charge in [-0.3, -0.25) is 0 Å². The van der Waals surface area contributed by atoms with Gasteiger partial charge >= 0.3 is 0 Å². The molecular weight excluding hydrogens is 48.8 g/mol. The van der Waals surface area contributed by atoms with E-state index in [2.05, 4.69) is 4.99 Å². The van der Waals surface area contributed by atoms with Gasteiger partial charge in [0.15, 0.2) is 7.85 Å². The Morgan fingerprint density at radius 2 is 2.25 bits per heavy atom. The van der Waals surface area contributed by atoms with E-state index >= 15 is 0 Å². The van der Waals surface area contributed by atoms with Crippen molar-refractivity contribution in [3.63, 3.8) is 0 Å². The van der Waals surface area contributed by atoms with E-state index in [0.717, 1.165) is 0 Å². The highest BCUT2D eigenvalue weighted by molar-refractivity contribution is 6.49. The van der Waals surface area contributed by atoms with Crippen LogP contribution >= 0.6 is 0 Å². The van der Waals surface area contributed by atoms with Gasteiger partial charge in [-0.2, -0.15) is 0 Å². The lowest BCUT2D eigenvalue weighted by Crippen LogP contribution is -1.59. The molecule has 0 unspecified atom stereocenters. The Morgan fingerprint density at radius 1 is 2.00 bits per heavy atom. The zero-order chi connectivity index (χ0) is 3.41. The highest BCUT2D eigenvalue weighted by Gasteiger charge is 1.35. The maximum absolute atomic E-state index is 3.61. The molecule has 0 aliphatic carbocycles. The van der Waals surface area contributed by atoms with Gasteiger partial charge in [0.1, 0.15) is 0 Å². The third-order valence-corrected chi connectivity index (χ3v) is 0.258. The van der Waals surface area contributed by atoms with E-state index in [9.17, 15) is 0 Å². The molecule has 0 aromatic carbocycles. The molecule has 0 fully saturated rings. The monoisotopic (exact) mass is 55.1 g/mol. The SMILES string of the molecule is B/C=N\C. The van der Waals surface area contributed by atoms with Crippen LogP contribution in [0.5, 0.6) is 0 Å². The van der Waals surface area contributed by atoms with Crippen LogP contribution in [0.4, 0.5) is 0 Å². The van der Waals surface area contributed by atoms with E-state index in [1.165, 1.54) is 0 Å². The first-order chi connectivity index (χ1) is 1.91. The molecule has 0 aromatic heterocycles. The molecule has 2 heteroatoms. The maximum Gasteiger partial charge on any atom is 0.153 e. The van der Waals surface area contributed by atoms with Crippen LogP contribution in [-0.4, -0.2) is 21.0 Å². The summed E-state index contributed by atoms with van der Waals surface area (Å²) < 4.78 is 0. The summed E-state index contributed by atoms with van der Waals surface area (Å²) in [5.41, 5.74) is 0. The molecule has 0 saturated heterocycles. The minimum absolute atomic E-state index is 1.75. The second kappa shape index (κ2) is 2.73. The normalized spacial score (nSPS) is 9.25. The third-order valence-electron chi connectivity index (χ3n) is 0.258. The molecule has 0 aliphatic rings. The maximum atomic E-state index is 3.61. The molecule has 0 amide bonds. The first kappa shape index (κ1) is 3.73. The lowest BCUT2D eigenvalue weighted by molar-refractivity contribution is 1.49.